The van der Waals surface area contributed by atoms with Crippen LogP contribution >= 0.6 is 11.5 Å². The molecule has 0 spiro atoms. The van der Waals surface area contributed by atoms with E-state index in [2.05, 4.69) is 35.0 Å². The Bertz CT molecular complexity index is 326. The Balaban J connectivity index is 2.13. The number of hydrogen-bond acceptors (Lipinski definition) is 5. The topological polar surface area (TPSA) is 38.2 Å². The monoisotopic (exact) mass is 227 g/mol. The Hall–Kier alpha value is -0.680. The molecule has 0 bridgehead atoms. The summed E-state index contributed by atoms with van der Waals surface area (Å²) in [5.41, 5.74) is 0. The molecule has 1 aliphatic rings. The lowest BCUT2D eigenvalue weighted by molar-refractivity contribution is 0.0989. The van der Waals surface area contributed by atoms with Gasteiger partial charge in [-0.15, -0.1) is 0 Å². The number of morpholine rings is 1. The lowest BCUT2D eigenvalue weighted by atomic mass is 10.2. The molecule has 2 rings (SSSR count). The molecule has 5 heteroatoms. The van der Waals surface area contributed by atoms with Crippen molar-refractivity contribution in [3.63, 3.8) is 0 Å². The van der Waals surface area contributed by atoms with Crippen LogP contribution in [0.2, 0.25) is 0 Å². The van der Waals surface area contributed by atoms with Crippen molar-refractivity contribution in [2.24, 2.45) is 0 Å². The summed E-state index contributed by atoms with van der Waals surface area (Å²) in [5.74, 6) is 1.36. The van der Waals surface area contributed by atoms with Crippen LogP contribution in [-0.2, 0) is 4.74 Å². The normalized spacial score (nSPS) is 22.4. The van der Waals surface area contributed by atoms with E-state index < -0.39 is 0 Å². The van der Waals surface area contributed by atoms with Gasteiger partial charge in [0.2, 0.25) is 5.13 Å². The molecule has 0 saturated carbocycles. The summed E-state index contributed by atoms with van der Waals surface area (Å²) in [6.07, 6.45) is 0. The molecule has 1 fully saturated rings. The Morgan fingerprint density at radius 1 is 1.53 bits per heavy atom. The van der Waals surface area contributed by atoms with Crippen LogP contribution in [0.3, 0.4) is 0 Å². The second kappa shape index (κ2) is 4.45. The highest BCUT2D eigenvalue weighted by atomic mass is 32.1. The molecule has 1 aromatic rings. The van der Waals surface area contributed by atoms with Crippen LogP contribution in [0.25, 0.3) is 0 Å². The van der Waals surface area contributed by atoms with E-state index in [1.54, 1.807) is 0 Å². The first-order chi connectivity index (χ1) is 7.18. The SMILES string of the molecule is CC(C)c1nsc(N2CCOC[C@H]2C)n1. The van der Waals surface area contributed by atoms with Gasteiger partial charge in [0.05, 0.1) is 19.3 Å². The molecule has 0 aromatic carbocycles. The van der Waals surface area contributed by atoms with Crippen molar-refractivity contribution in [3.05, 3.63) is 5.82 Å². The van der Waals surface area contributed by atoms with E-state index in [1.165, 1.54) is 11.5 Å². The molecule has 84 valence electrons. The van der Waals surface area contributed by atoms with Crippen molar-refractivity contribution >= 4 is 16.7 Å². The third-order valence-electron chi connectivity index (χ3n) is 2.56. The first-order valence-corrected chi connectivity index (χ1v) is 6.14. The molecular weight excluding hydrogens is 210 g/mol. The van der Waals surface area contributed by atoms with Crippen molar-refractivity contribution < 1.29 is 4.74 Å². The summed E-state index contributed by atoms with van der Waals surface area (Å²) in [6, 6.07) is 0.409. The van der Waals surface area contributed by atoms with Gasteiger partial charge in [-0.25, -0.2) is 4.98 Å². The minimum absolute atomic E-state index is 0.409. The van der Waals surface area contributed by atoms with Gasteiger partial charge in [0, 0.05) is 24.0 Å². The number of aromatic nitrogens is 2. The standard InChI is InChI=1S/C10H17N3OS/c1-7(2)9-11-10(15-12-9)13-4-5-14-6-8(13)3/h7-8H,4-6H2,1-3H3/t8-/m1/s1. The smallest absolute Gasteiger partial charge is 0.205 e. The van der Waals surface area contributed by atoms with E-state index >= 15 is 0 Å². The van der Waals surface area contributed by atoms with Gasteiger partial charge in [-0.2, -0.15) is 4.37 Å². The Labute approximate surface area is 94.4 Å². The summed E-state index contributed by atoms with van der Waals surface area (Å²) in [6.45, 7) is 8.91. The molecule has 0 aliphatic carbocycles. The number of anilines is 1. The largest absolute Gasteiger partial charge is 0.377 e. The lowest BCUT2D eigenvalue weighted by Crippen LogP contribution is -2.43. The molecule has 4 nitrogen and oxygen atoms in total. The van der Waals surface area contributed by atoms with Gasteiger partial charge in [-0.3, -0.25) is 0 Å². The van der Waals surface area contributed by atoms with Crippen LogP contribution in [0.1, 0.15) is 32.5 Å². The van der Waals surface area contributed by atoms with Crippen molar-refractivity contribution in [2.45, 2.75) is 32.7 Å². The van der Waals surface area contributed by atoms with Crippen LogP contribution in [-0.4, -0.2) is 35.2 Å². The molecule has 0 radical (unpaired) electrons. The zero-order valence-corrected chi connectivity index (χ0v) is 10.3. The van der Waals surface area contributed by atoms with Gasteiger partial charge in [0.1, 0.15) is 5.82 Å². The Kier molecular flexibility index (Phi) is 3.21. The quantitative estimate of drug-likeness (QED) is 0.773. The Morgan fingerprint density at radius 3 is 2.93 bits per heavy atom. The average molecular weight is 227 g/mol. The van der Waals surface area contributed by atoms with Crippen LogP contribution in [0.5, 0.6) is 0 Å². The highest BCUT2D eigenvalue weighted by Crippen LogP contribution is 2.24. The summed E-state index contributed by atoms with van der Waals surface area (Å²) in [7, 11) is 0. The maximum atomic E-state index is 5.40. The second-order valence-electron chi connectivity index (χ2n) is 4.21. The number of rotatable bonds is 2. The van der Waals surface area contributed by atoms with Gasteiger partial charge >= 0.3 is 0 Å². The van der Waals surface area contributed by atoms with Gasteiger partial charge < -0.3 is 9.64 Å². The minimum atomic E-state index is 0.409. The van der Waals surface area contributed by atoms with E-state index in [0.717, 1.165) is 30.7 Å². The zero-order chi connectivity index (χ0) is 10.8. The fourth-order valence-electron chi connectivity index (χ4n) is 1.59. The molecule has 1 atom stereocenters. The third kappa shape index (κ3) is 2.29. The van der Waals surface area contributed by atoms with Gasteiger partial charge in [0.15, 0.2) is 0 Å². The maximum Gasteiger partial charge on any atom is 0.205 e. The summed E-state index contributed by atoms with van der Waals surface area (Å²) in [4.78, 5) is 6.85. The molecule has 1 saturated heterocycles. The van der Waals surface area contributed by atoms with Crippen molar-refractivity contribution in [2.75, 3.05) is 24.7 Å². The second-order valence-corrected chi connectivity index (χ2v) is 4.94. The summed E-state index contributed by atoms with van der Waals surface area (Å²) >= 11 is 1.50. The van der Waals surface area contributed by atoms with E-state index in [9.17, 15) is 0 Å². The molecule has 1 aliphatic heterocycles. The van der Waals surface area contributed by atoms with Gasteiger partial charge in [-0.05, 0) is 6.92 Å². The summed E-state index contributed by atoms with van der Waals surface area (Å²) in [5, 5.41) is 1.04. The van der Waals surface area contributed by atoms with E-state index in [0.29, 0.717) is 12.0 Å². The van der Waals surface area contributed by atoms with Gasteiger partial charge in [-0.1, -0.05) is 13.8 Å². The number of hydrogen-bond donors (Lipinski definition) is 0. The van der Waals surface area contributed by atoms with Crippen LogP contribution in [0.15, 0.2) is 0 Å². The molecule has 0 N–H and O–H groups in total. The number of nitrogens with zero attached hydrogens (tertiary/aromatic N) is 3. The molecule has 15 heavy (non-hydrogen) atoms. The zero-order valence-electron chi connectivity index (χ0n) is 9.43. The lowest BCUT2D eigenvalue weighted by Gasteiger charge is -2.32. The van der Waals surface area contributed by atoms with Crippen molar-refractivity contribution in [1.82, 2.24) is 9.36 Å². The van der Waals surface area contributed by atoms with E-state index in [4.69, 9.17) is 4.74 Å². The van der Waals surface area contributed by atoms with Gasteiger partial charge in [0.25, 0.3) is 0 Å². The molecule has 2 heterocycles. The minimum Gasteiger partial charge on any atom is -0.377 e. The average Bonchev–Trinajstić information content (AvgIpc) is 2.67. The molecule has 0 unspecified atom stereocenters. The predicted molar refractivity (Wildman–Crippen MR) is 61.6 cm³/mol. The third-order valence-corrected chi connectivity index (χ3v) is 3.33. The predicted octanol–water partition coefficient (Wildman–Crippen LogP) is 1.89. The number of ether oxygens (including phenoxy) is 1. The van der Waals surface area contributed by atoms with Crippen LogP contribution in [0, 0.1) is 0 Å². The van der Waals surface area contributed by atoms with Crippen LogP contribution < -0.4 is 4.90 Å². The summed E-state index contributed by atoms with van der Waals surface area (Å²) < 4.78 is 9.78. The first kappa shape index (κ1) is 10.8. The first-order valence-electron chi connectivity index (χ1n) is 5.36. The molecule has 0 amide bonds. The fraction of sp³-hybridized carbons (Fsp3) is 0.800. The highest BCUT2D eigenvalue weighted by Gasteiger charge is 2.22. The van der Waals surface area contributed by atoms with E-state index in [1.807, 2.05) is 0 Å². The maximum absolute atomic E-state index is 5.40. The van der Waals surface area contributed by atoms with Crippen molar-refractivity contribution in [1.29, 1.82) is 0 Å². The van der Waals surface area contributed by atoms with Crippen molar-refractivity contribution in [3.8, 4) is 0 Å². The van der Waals surface area contributed by atoms with Crippen LogP contribution in [0.4, 0.5) is 5.13 Å². The van der Waals surface area contributed by atoms with E-state index in [-0.39, 0.29) is 0 Å². The fourth-order valence-corrected chi connectivity index (χ4v) is 2.53. The highest BCUT2D eigenvalue weighted by molar-refractivity contribution is 7.09. The Morgan fingerprint density at radius 2 is 2.33 bits per heavy atom. The molecular formula is C10H17N3OS. The molecule has 1 aromatic heterocycles.